The van der Waals surface area contributed by atoms with Gasteiger partial charge in [0.25, 0.3) is 0 Å². The summed E-state index contributed by atoms with van der Waals surface area (Å²) in [5.41, 5.74) is 0. The third-order valence-corrected chi connectivity index (χ3v) is 3.91. The SMILES string of the molecule is C=CCNC(=O)[C@@H]1[C@H](C(=O)NCC=C)[C@@H]2C=C[C@H]1C2. The first kappa shape index (κ1) is 13.6. The zero-order valence-electron chi connectivity index (χ0n) is 11.0. The number of hydrogen-bond acceptors (Lipinski definition) is 2. The smallest absolute Gasteiger partial charge is 0.224 e. The molecule has 1 fully saturated rings. The molecule has 4 nitrogen and oxygen atoms in total. The van der Waals surface area contributed by atoms with Crippen LogP contribution in [-0.2, 0) is 9.59 Å². The van der Waals surface area contributed by atoms with E-state index in [0.29, 0.717) is 13.1 Å². The number of fused-ring (bicyclic) bond motifs is 2. The number of rotatable bonds is 6. The van der Waals surface area contributed by atoms with Crippen molar-refractivity contribution in [3.63, 3.8) is 0 Å². The largest absolute Gasteiger partial charge is 0.352 e. The van der Waals surface area contributed by atoms with Crippen molar-refractivity contribution in [2.45, 2.75) is 6.42 Å². The molecular formula is C15H20N2O2. The van der Waals surface area contributed by atoms with E-state index in [4.69, 9.17) is 0 Å². The van der Waals surface area contributed by atoms with Crippen LogP contribution in [0.25, 0.3) is 0 Å². The molecule has 102 valence electrons. The predicted molar refractivity (Wildman–Crippen MR) is 74.1 cm³/mol. The molecule has 0 saturated heterocycles. The Morgan fingerprint density at radius 1 is 1.00 bits per heavy atom. The molecule has 2 aliphatic carbocycles. The van der Waals surface area contributed by atoms with E-state index in [2.05, 4.69) is 35.9 Å². The molecule has 4 heteroatoms. The highest BCUT2D eigenvalue weighted by Gasteiger charge is 2.51. The molecule has 0 heterocycles. The minimum atomic E-state index is -0.250. The van der Waals surface area contributed by atoms with E-state index in [9.17, 15) is 9.59 Å². The minimum absolute atomic E-state index is 0.0458. The Labute approximate surface area is 113 Å². The summed E-state index contributed by atoms with van der Waals surface area (Å²) in [7, 11) is 0. The summed E-state index contributed by atoms with van der Waals surface area (Å²) in [5.74, 6) is -0.214. The molecule has 0 unspecified atom stereocenters. The third kappa shape index (κ3) is 2.62. The lowest BCUT2D eigenvalue weighted by atomic mass is 9.81. The average Bonchev–Trinajstić information content (AvgIpc) is 3.02. The maximum Gasteiger partial charge on any atom is 0.224 e. The van der Waals surface area contributed by atoms with Gasteiger partial charge in [-0.1, -0.05) is 24.3 Å². The molecule has 0 aliphatic heterocycles. The van der Waals surface area contributed by atoms with E-state index in [1.54, 1.807) is 12.2 Å². The summed E-state index contributed by atoms with van der Waals surface area (Å²) >= 11 is 0. The van der Waals surface area contributed by atoms with E-state index in [1.165, 1.54) is 0 Å². The van der Waals surface area contributed by atoms with Crippen molar-refractivity contribution < 1.29 is 9.59 Å². The first-order valence-corrected chi connectivity index (χ1v) is 6.64. The van der Waals surface area contributed by atoms with Gasteiger partial charge < -0.3 is 10.6 Å². The molecule has 0 radical (unpaired) electrons. The van der Waals surface area contributed by atoms with Crippen LogP contribution in [0, 0.1) is 23.7 Å². The second kappa shape index (κ2) is 5.87. The predicted octanol–water partition coefficient (Wildman–Crippen LogP) is 1.03. The van der Waals surface area contributed by atoms with Crippen molar-refractivity contribution in [1.29, 1.82) is 0 Å². The van der Waals surface area contributed by atoms with Gasteiger partial charge in [0.2, 0.25) is 11.8 Å². The van der Waals surface area contributed by atoms with Gasteiger partial charge in [-0.2, -0.15) is 0 Å². The zero-order chi connectivity index (χ0) is 13.8. The van der Waals surface area contributed by atoms with Crippen molar-refractivity contribution in [1.82, 2.24) is 10.6 Å². The number of nitrogens with one attached hydrogen (secondary N) is 2. The monoisotopic (exact) mass is 260 g/mol. The molecule has 0 aromatic rings. The molecule has 1 saturated carbocycles. The summed E-state index contributed by atoms with van der Waals surface area (Å²) in [5, 5.41) is 5.62. The van der Waals surface area contributed by atoms with Crippen LogP contribution in [0.5, 0.6) is 0 Å². The van der Waals surface area contributed by atoms with E-state index in [1.807, 2.05) is 0 Å². The molecule has 19 heavy (non-hydrogen) atoms. The molecule has 2 N–H and O–H groups in total. The maximum atomic E-state index is 12.2. The first-order valence-electron chi connectivity index (χ1n) is 6.64. The molecule has 2 amide bonds. The summed E-state index contributed by atoms with van der Waals surface area (Å²) in [6, 6.07) is 0. The quantitative estimate of drug-likeness (QED) is 0.701. The highest BCUT2D eigenvalue weighted by Crippen LogP contribution is 2.48. The van der Waals surface area contributed by atoms with Gasteiger partial charge in [-0.3, -0.25) is 9.59 Å². The van der Waals surface area contributed by atoms with Gasteiger partial charge in [-0.25, -0.2) is 0 Å². The van der Waals surface area contributed by atoms with Gasteiger partial charge in [0.1, 0.15) is 0 Å². The van der Waals surface area contributed by atoms with Crippen molar-refractivity contribution in [3.05, 3.63) is 37.5 Å². The number of hydrogen-bond donors (Lipinski definition) is 2. The second-order valence-corrected chi connectivity index (χ2v) is 5.07. The van der Waals surface area contributed by atoms with Gasteiger partial charge in [0.15, 0.2) is 0 Å². The summed E-state index contributed by atoms with van der Waals surface area (Å²) in [6.45, 7) is 8.05. The summed E-state index contributed by atoms with van der Waals surface area (Å²) in [6.07, 6.45) is 8.33. The van der Waals surface area contributed by atoms with E-state index in [-0.39, 0.29) is 35.5 Å². The van der Waals surface area contributed by atoms with Crippen LogP contribution >= 0.6 is 0 Å². The van der Waals surface area contributed by atoms with E-state index < -0.39 is 0 Å². The highest BCUT2D eigenvalue weighted by atomic mass is 16.2. The average molecular weight is 260 g/mol. The number of carbonyl (C=O) groups excluding carboxylic acids is 2. The lowest BCUT2D eigenvalue weighted by Gasteiger charge is -2.26. The maximum absolute atomic E-state index is 12.2. The van der Waals surface area contributed by atoms with Crippen LogP contribution in [0.2, 0.25) is 0 Å². The standard InChI is InChI=1S/C15H20N2O2/c1-3-7-16-14(18)12-10-5-6-11(9-10)13(12)15(19)17-8-4-2/h3-6,10-13H,1-2,7-9H2,(H,16,18)(H,17,19)/t10-,11+,12-,13+. The Morgan fingerprint density at radius 3 is 1.79 bits per heavy atom. The normalized spacial score (nSPS) is 30.9. The third-order valence-electron chi connectivity index (χ3n) is 3.91. The van der Waals surface area contributed by atoms with E-state index >= 15 is 0 Å². The van der Waals surface area contributed by atoms with Crippen LogP contribution in [0.15, 0.2) is 37.5 Å². The van der Waals surface area contributed by atoms with Crippen molar-refractivity contribution in [2.75, 3.05) is 13.1 Å². The Morgan fingerprint density at radius 2 is 1.42 bits per heavy atom. The number of allylic oxidation sites excluding steroid dienone is 2. The van der Waals surface area contributed by atoms with Crippen LogP contribution in [0.4, 0.5) is 0 Å². The van der Waals surface area contributed by atoms with Crippen LogP contribution in [0.3, 0.4) is 0 Å². The van der Waals surface area contributed by atoms with Crippen molar-refractivity contribution >= 4 is 11.8 Å². The Kier molecular flexibility index (Phi) is 4.20. The zero-order valence-corrected chi connectivity index (χ0v) is 11.0. The fraction of sp³-hybridized carbons (Fsp3) is 0.467. The number of amides is 2. The van der Waals surface area contributed by atoms with E-state index in [0.717, 1.165) is 6.42 Å². The molecule has 2 rings (SSSR count). The van der Waals surface area contributed by atoms with Gasteiger partial charge in [0, 0.05) is 13.1 Å². The van der Waals surface area contributed by atoms with Crippen molar-refractivity contribution in [2.24, 2.45) is 23.7 Å². The second-order valence-electron chi connectivity index (χ2n) is 5.07. The lowest BCUT2D eigenvalue weighted by molar-refractivity contribution is -0.135. The Balaban J connectivity index is 2.08. The lowest BCUT2D eigenvalue weighted by Crippen LogP contribution is -2.44. The molecule has 4 atom stereocenters. The summed E-state index contributed by atoms with van der Waals surface area (Å²) < 4.78 is 0. The van der Waals surface area contributed by atoms with Crippen LogP contribution in [0.1, 0.15) is 6.42 Å². The number of carbonyl (C=O) groups is 2. The molecule has 0 aromatic heterocycles. The molecule has 2 bridgehead atoms. The van der Waals surface area contributed by atoms with Crippen LogP contribution < -0.4 is 10.6 Å². The van der Waals surface area contributed by atoms with Crippen molar-refractivity contribution in [3.8, 4) is 0 Å². The van der Waals surface area contributed by atoms with Crippen LogP contribution in [-0.4, -0.2) is 24.9 Å². The highest BCUT2D eigenvalue weighted by molar-refractivity contribution is 5.89. The Hall–Kier alpha value is -1.84. The van der Waals surface area contributed by atoms with Gasteiger partial charge in [-0.15, -0.1) is 13.2 Å². The fourth-order valence-corrected chi connectivity index (χ4v) is 3.12. The topological polar surface area (TPSA) is 58.2 Å². The summed E-state index contributed by atoms with van der Waals surface area (Å²) in [4.78, 5) is 24.4. The molecule has 2 aliphatic rings. The molecular weight excluding hydrogens is 240 g/mol. The molecule has 0 spiro atoms. The fourth-order valence-electron chi connectivity index (χ4n) is 3.12. The van der Waals surface area contributed by atoms with Gasteiger partial charge in [0.05, 0.1) is 11.8 Å². The minimum Gasteiger partial charge on any atom is -0.352 e. The molecule has 0 aromatic carbocycles. The van der Waals surface area contributed by atoms with Gasteiger partial charge >= 0.3 is 0 Å². The van der Waals surface area contributed by atoms with Gasteiger partial charge in [-0.05, 0) is 18.3 Å². The first-order chi connectivity index (χ1) is 9.19. The Bertz CT molecular complexity index is 390.